The van der Waals surface area contributed by atoms with Gasteiger partial charge in [-0.2, -0.15) is 10.5 Å². The molecule has 0 aliphatic carbocycles. The topological polar surface area (TPSA) is 111 Å². The van der Waals surface area contributed by atoms with E-state index in [2.05, 4.69) is 11.8 Å². The quantitative estimate of drug-likeness (QED) is 0.525. The Balaban J connectivity index is 0.00000108. The van der Waals surface area contributed by atoms with Gasteiger partial charge in [0.25, 0.3) is 5.91 Å². The van der Waals surface area contributed by atoms with Crippen molar-refractivity contribution in [1.82, 2.24) is 4.90 Å². The summed E-state index contributed by atoms with van der Waals surface area (Å²) < 4.78 is 28.8. The van der Waals surface area contributed by atoms with Gasteiger partial charge in [-0.3, -0.25) is 9.59 Å². The van der Waals surface area contributed by atoms with E-state index in [1.54, 1.807) is 23.1 Å². The molecule has 2 atom stereocenters. The summed E-state index contributed by atoms with van der Waals surface area (Å²) >= 11 is 1.26. The summed E-state index contributed by atoms with van der Waals surface area (Å²) in [6.45, 7) is 4.41. The van der Waals surface area contributed by atoms with Gasteiger partial charge in [0, 0.05) is 22.9 Å². The molecular weight excluding hydrogens is 470 g/mol. The molecule has 0 fully saturated rings. The first-order valence-corrected chi connectivity index (χ1v) is 11.5. The number of hydrogen-bond donors (Lipinski definition) is 1. The third kappa shape index (κ3) is 5.37. The number of nitrogens with zero attached hydrogens (tertiary/aromatic N) is 3. The fourth-order valence-corrected chi connectivity index (χ4v) is 5.27. The number of carbonyl (C=O) groups excluding carboxylic acids is 2. The van der Waals surface area contributed by atoms with Gasteiger partial charge in [0.05, 0.1) is 17.7 Å². The molecule has 0 bridgehead atoms. The summed E-state index contributed by atoms with van der Waals surface area (Å²) in [5, 5.41) is 18.7. The number of halogens is 2. The zero-order valence-electron chi connectivity index (χ0n) is 19.0. The van der Waals surface area contributed by atoms with E-state index in [-0.39, 0.29) is 23.8 Å². The summed E-state index contributed by atoms with van der Waals surface area (Å²) in [7, 11) is 0. The lowest BCUT2D eigenvalue weighted by Crippen LogP contribution is -2.44. The van der Waals surface area contributed by atoms with E-state index in [0.29, 0.717) is 28.1 Å². The van der Waals surface area contributed by atoms with Crippen LogP contribution >= 0.6 is 11.3 Å². The van der Waals surface area contributed by atoms with Crippen LogP contribution in [0.25, 0.3) is 0 Å². The highest BCUT2D eigenvalue weighted by Gasteiger charge is 2.42. The molecule has 2 N–H and O–H groups in total. The zero-order valence-corrected chi connectivity index (χ0v) is 19.9. The van der Waals surface area contributed by atoms with Crippen molar-refractivity contribution in [3.05, 3.63) is 92.2 Å². The molecule has 0 saturated heterocycles. The molecule has 3 aromatic rings. The van der Waals surface area contributed by atoms with Crippen LogP contribution in [0.1, 0.15) is 62.6 Å². The van der Waals surface area contributed by atoms with E-state index < -0.39 is 23.6 Å². The van der Waals surface area contributed by atoms with Crippen molar-refractivity contribution in [3.63, 3.8) is 0 Å². The van der Waals surface area contributed by atoms with E-state index in [4.69, 9.17) is 4.79 Å². The first kappa shape index (κ1) is 25.5. The largest absolute Gasteiger partial charge is 0.372 e. The maximum absolute atomic E-state index is 14.5. The Morgan fingerprint density at radius 1 is 1.09 bits per heavy atom. The van der Waals surface area contributed by atoms with Crippen molar-refractivity contribution >= 4 is 23.7 Å². The number of fused-ring (bicyclic) bond motifs is 1. The second-order valence-corrected chi connectivity index (χ2v) is 9.46. The number of rotatable bonds is 4. The van der Waals surface area contributed by atoms with Crippen molar-refractivity contribution in [3.8, 4) is 12.1 Å². The van der Waals surface area contributed by atoms with E-state index in [1.165, 1.54) is 35.6 Å². The molecule has 1 unspecified atom stereocenters. The maximum Gasteiger partial charge on any atom is 0.254 e. The molecule has 6 nitrogen and oxygen atoms in total. The standard InChI is InChI=1S/C25H19F2N3OS.CH3NO/c1-14(2)13-30-24(22-6-4-19(12-29)32-22)23(16-7-15(11-28)8-18(27)9-16)21-10-17(26)3-5-20(21)25(30)31;2-1-3/h3-10,14,23-24H,13H2,1-2H3;1H,(H2,2,3)/t23?,24-;/m0./s1. The molecule has 2 aromatic carbocycles. The number of amides is 2. The van der Waals surface area contributed by atoms with Gasteiger partial charge in [-0.05, 0) is 65.6 Å². The Bertz CT molecular complexity index is 1340. The predicted molar refractivity (Wildman–Crippen MR) is 127 cm³/mol. The van der Waals surface area contributed by atoms with Gasteiger partial charge in [0.2, 0.25) is 6.41 Å². The molecule has 35 heavy (non-hydrogen) atoms. The van der Waals surface area contributed by atoms with Crippen LogP contribution < -0.4 is 5.73 Å². The number of benzene rings is 2. The molecular formula is C26H22F2N4O2S. The SMILES string of the molecule is CC(C)CN1C(=O)c2ccc(F)cc2C(c2cc(F)cc(C#N)c2)[C@@H]1c1ccc(C#N)s1.NC=O. The Morgan fingerprint density at radius 3 is 2.40 bits per heavy atom. The summed E-state index contributed by atoms with van der Waals surface area (Å²) in [5.74, 6) is -1.78. The van der Waals surface area contributed by atoms with Crippen LogP contribution in [0.5, 0.6) is 0 Å². The van der Waals surface area contributed by atoms with Crippen LogP contribution in [0, 0.1) is 40.2 Å². The van der Waals surface area contributed by atoms with E-state index in [1.807, 2.05) is 19.9 Å². The molecule has 0 spiro atoms. The van der Waals surface area contributed by atoms with Crippen LogP contribution in [-0.2, 0) is 4.79 Å². The van der Waals surface area contributed by atoms with E-state index in [9.17, 15) is 24.1 Å². The fraction of sp³-hybridized carbons (Fsp3) is 0.231. The predicted octanol–water partition coefficient (Wildman–Crippen LogP) is 4.86. The van der Waals surface area contributed by atoms with Crippen molar-refractivity contribution in [1.29, 1.82) is 10.5 Å². The Kier molecular flexibility index (Phi) is 7.95. The normalized spacial score (nSPS) is 16.5. The van der Waals surface area contributed by atoms with Gasteiger partial charge in [-0.25, -0.2) is 8.78 Å². The second kappa shape index (κ2) is 10.9. The van der Waals surface area contributed by atoms with Crippen molar-refractivity contribution in [2.45, 2.75) is 25.8 Å². The minimum atomic E-state index is -0.606. The summed E-state index contributed by atoms with van der Waals surface area (Å²) in [4.78, 5) is 25.0. The zero-order chi connectivity index (χ0) is 25.7. The van der Waals surface area contributed by atoms with Gasteiger partial charge in [-0.15, -0.1) is 11.3 Å². The molecule has 2 amide bonds. The number of primary amides is 1. The Hall–Kier alpha value is -4.08. The van der Waals surface area contributed by atoms with Gasteiger partial charge in [-0.1, -0.05) is 13.8 Å². The molecule has 0 saturated carbocycles. The summed E-state index contributed by atoms with van der Waals surface area (Å²) in [5.41, 5.74) is 5.59. The highest BCUT2D eigenvalue weighted by atomic mass is 32.1. The van der Waals surface area contributed by atoms with Crippen molar-refractivity contribution < 1.29 is 18.4 Å². The van der Waals surface area contributed by atoms with Gasteiger partial charge in [0.15, 0.2) is 0 Å². The Morgan fingerprint density at radius 2 is 1.80 bits per heavy atom. The van der Waals surface area contributed by atoms with Crippen LogP contribution in [0.4, 0.5) is 8.78 Å². The van der Waals surface area contributed by atoms with E-state index >= 15 is 0 Å². The van der Waals surface area contributed by atoms with Crippen LogP contribution in [-0.4, -0.2) is 23.8 Å². The minimum Gasteiger partial charge on any atom is -0.372 e. The lowest BCUT2D eigenvalue weighted by Gasteiger charge is -2.43. The second-order valence-electron chi connectivity index (χ2n) is 8.34. The van der Waals surface area contributed by atoms with E-state index in [0.717, 1.165) is 10.9 Å². The third-order valence-electron chi connectivity index (χ3n) is 5.49. The number of hydrogen-bond acceptors (Lipinski definition) is 5. The molecule has 2 heterocycles. The molecule has 178 valence electrons. The Labute approximate surface area is 205 Å². The number of nitrogens with two attached hydrogens (primary N) is 1. The number of thiophene rings is 1. The first-order valence-electron chi connectivity index (χ1n) is 10.7. The van der Waals surface area contributed by atoms with Gasteiger partial charge < -0.3 is 10.6 Å². The number of nitriles is 2. The van der Waals surface area contributed by atoms with Crippen LogP contribution in [0.3, 0.4) is 0 Å². The monoisotopic (exact) mass is 492 g/mol. The lowest BCUT2D eigenvalue weighted by molar-refractivity contribution is -0.106. The highest BCUT2D eigenvalue weighted by molar-refractivity contribution is 7.12. The van der Waals surface area contributed by atoms with Crippen LogP contribution in [0.15, 0.2) is 48.5 Å². The lowest BCUT2D eigenvalue weighted by atomic mass is 9.77. The smallest absolute Gasteiger partial charge is 0.254 e. The molecule has 1 aromatic heterocycles. The summed E-state index contributed by atoms with van der Waals surface area (Å²) in [6.07, 6.45) is 0.250. The van der Waals surface area contributed by atoms with Gasteiger partial charge in [0.1, 0.15) is 22.6 Å². The third-order valence-corrected chi connectivity index (χ3v) is 6.55. The fourth-order valence-electron chi connectivity index (χ4n) is 4.31. The van der Waals surface area contributed by atoms with Gasteiger partial charge >= 0.3 is 0 Å². The molecule has 9 heteroatoms. The molecule has 1 aliphatic heterocycles. The average Bonchev–Trinajstić information content (AvgIpc) is 3.29. The molecule has 1 aliphatic rings. The number of carbonyl (C=O) groups is 2. The average molecular weight is 493 g/mol. The highest BCUT2D eigenvalue weighted by Crippen LogP contribution is 2.48. The first-order chi connectivity index (χ1) is 16.7. The minimum absolute atomic E-state index is 0.140. The van der Waals surface area contributed by atoms with Crippen molar-refractivity contribution in [2.24, 2.45) is 11.7 Å². The van der Waals surface area contributed by atoms with Crippen molar-refractivity contribution in [2.75, 3.05) is 6.54 Å². The summed E-state index contributed by atoms with van der Waals surface area (Å²) in [6, 6.07) is 15.1. The maximum atomic E-state index is 14.5. The molecule has 0 radical (unpaired) electrons. The van der Waals surface area contributed by atoms with Crippen LogP contribution in [0.2, 0.25) is 0 Å². The molecule has 4 rings (SSSR count).